The van der Waals surface area contributed by atoms with Crippen molar-refractivity contribution in [2.24, 2.45) is 5.73 Å². The molecule has 2 heterocycles. The molecule has 0 aliphatic carbocycles. The first kappa shape index (κ1) is 18.4. The molecule has 9 nitrogen and oxygen atoms in total. The summed E-state index contributed by atoms with van der Waals surface area (Å²) >= 11 is 0. The number of hydrogen-bond donors (Lipinski definition) is 2. The number of fused-ring (bicyclic) bond motifs is 1. The number of hydrogen-bond acceptors (Lipinski definition) is 8. The van der Waals surface area contributed by atoms with Gasteiger partial charge in [0.05, 0.1) is 45.1 Å². The minimum absolute atomic E-state index is 0.0118. The molecule has 1 unspecified atom stereocenters. The van der Waals surface area contributed by atoms with E-state index in [1.54, 1.807) is 19.2 Å². The maximum atomic E-state index is 9.74. The average molecular weight is 372 g/mol. The number of nitriles is 1. The molecule has 27 heavy (non-hydrogen) atoms. The lowest BCUT2D eigenvalue weighted by molar-refractivity contribution is 0.180. The fourth-order valence-electron chi connectivity index (χ4n) is 3.15. The van der Waals surface area contributed by atoms with Crippen molar-refractivity contribution in [3.05, 3.63) is 40.4 Å². The number of aromatic amines is 1. The minimum Gasteiger partial charge on any atom is -0.496 e. The Labute approximate surface area is 156 Å². The van der Waals surface area contributed by atoms with Crippen LogP contribution in [0.1, 0.15) is 22.7 Å². The molecule has 1 atom stereocenters. The van der Waals surface area contributed by atoms with E-state index in [0.29, 0.717) is 39.9 Å². The van der Waals surface area contributed by atoms with Crippen LogP contribution in [0.15, 0.2) is 23.6 Å². The maximum Gasteiger partial charge on any atom is 0.244 e. The van der Waals surface area contributed by atoms with Gasteiger partial charge in [-0.1, -0.05) is 0 Å². The van der Waals surface area contributed by atoms with Crippen LogP contribution in [0.5, 0.6) is 23.1 Å². The van der Waals surface area contributed by atoms with Gasteiger partial charge in [0.25, 0.3) is 0 Å². The predicted molar refractivity (Wildman–Crippen MR) is 94.7 cm³/mol. The van der Waals surface area contributed by atoms with Crippen LogP contribution >= 0.6 is 0 Å². The summed E-state index contributed by atoms with van der Waals surface area (Å²) < 4.78 is 27.1. The van der Waals surface area contributed by atoms with E-state index in [2.05, 4.69) is 16.3 Å². The summed E-state index contributed by atoms with van der Waals surface area (Å²) in [5, 5.41) is 16.8. The lowest BCUT2D eigenvalue weighted by atomic mass is 9.83. The highest BCUT2D eigenvalue weighted by Gasteiger charge is 2.37. The third kappa shape index (κ3) is 3.00. The Kier molecular flexibility index (Phi) is 5.09. The Bertz CT molecular complexity index is 929. The third-order valence-electron chi connectivity index (χ3n) is 4.35. The SMILES string of the molecule is COCc1[nH]nc2c1C(c1cc(OC)c(OC)cc1OC)C(C#N)=C(N)O2. The molecule has 9 heteroatoms. The second-order valence-electron chi connectivity index (χ2n) is 5.73. The van der Waals surface area contributed by atoms with Gasteiger partial charge in [0.2, 0.25) is 11.8 Å². The molecule has 1 aliphatic heterocycles. The Morgan fingerprint density at radius 3 is 2.41 bits per heavy atom. The molecule has 0 fully saturated rings. The summed E-state index contributed by atoms with van der Waals surface area (Å²) in [5.41, 5.74) is 8.23. The standard InChI is InChI=1S/C18H20N4O5/c1-23-8-11-16-15(10(7-19)17(20)27-18(16)22-21-11)9-5-13(25-3)14(26-4)6-12(9)24-2/h5-6,15H,8,20H2,1-4H3,(H,21,22). The number of nitrogens with one attached hydrogen (secondary N) is 1. The van der Waals surface area contributed by atoms with Crippen LogP contribution in [0.3, 0.4) is 0 Å². The molecule has 142 valence electrons. The van der Waals surface area contributed by atoms with Crippen molar-refractivity contribution in [3.63, 3.8) is 0 Å². The smallest absolute Gasteiger partial charge is 0.244 e. The van der Waals surface area contributed by atoms with E-state index in [0.717, 1.165) is 0 Å². The minimum atomic E-state index is -0.572. The van der Waals surface area contributed by atoms with Crippen LogP contribution < -0.4 is 24.7 Å². The normalized spacial score (nSPS) is 15.6. The van der Waals surface area contributed by atoms with E-state index in [4.69, 9.17) is 29.4 Å². The van der Waals surface area contributed by atoms with E-state index in [9.17, 15) is 5.26 Å². The van der Waals surface area contributed by atoms with Gasteiger partial charge >= 0.3 is 0 Å². The van der Waals surface area contributed by atoms with Crippen LogP contribution in [-0.4, -0.2) is 38.6 Å². The number of aromatic nitrogens is 2. The zero-order valence-corrected chi connectivity index (χ0v) is 15.5. The maximum absolute atomic E-state index is 9.74. The molecule has 2 aromatic rings. The highest BCUT2D eigenvalue weighted by Crippen LogP contribution is 2.48. The van der Waals surface area contributed by atoms with Gasteiger partial charge in [-0.3, -0.25) is 5.10 Å². The van der Waals surface area contributed by atoms with Crippen LogP contribution in [0, 0.1) is 11.3 Å². The molecule has 0 bridgehead atoms. The molecule has 3 rings (SSSR count). The van der Waals surface area contributed by atoms with Crippen molar-refractivity contribution in [2.75, 3.05) is 28.4 Å². The molecule has 1 aromatic carbocycles. The van der Waals surface area contributed by atoms with E-state index in [1.807, 2.05) is 0 Å². The number of allylic oxidation sites excluding steroid dienone is 1. The van der Waals surface area contributed by atoms with E-state index >= 15 is 0 Å². The number of H-pyrrole nitrogens is 1. The first-order valence-electron chi connectivity index (χ1n) is 8.03. The van der Waals surface area contributed by atoms with Gasteiger partial charge in [0.15, 0.2) is 11.5 Å². The summed E-state index contributed by atoms with van der Waals surface area (Å²) in [6.45, 7) is 0.260. The number of rotatable bonds is 6. The van der Waals surface area contributed by atoms with Gasteiger partial charge in [-0.15, -0.1) is 5.10 Å². The predicted octanol–water partition coefficient (Wildman–Crippen LogP) is 1.80. The second-order valence-corrected chi connectivity index (χ2v) is 5.73. The largest absolute Gasteiger partial charge is 0.496 e. The molecule has 1 aromatic heterocycles. The van der Waals surface area contributed by atoms with Gasteiger partial charge in [0, 0.05) is 18.7 Å². The number of methoxy groups -OCH3 is 4. The van der Waals surface area contributed by atoms with E-state index in [-0.39, 0.29) is 18.1 Å². The summed E-state index contributed by atoms with van der Waals surface area (Å²) in [6, 6.07) is 5.59. The zero-order valence-electron chi connectivity index (χ0n) is 15.5. The summed E-state index contributed by atoms with van der Waals surface area (Å²) in [5.74, 6) is 1.22. The molecule has 0 spiro atoms. The fraction of sp³-hybridized carbons (Fsp3) is 0.333. The van der Waals surface area contributed by atoms with Crippen molar-refractivity contribution >= 4 is 0 Å². The molecule has 0 amide bonds. The summed E-state index contributed by atoms with van der Waals surface area (Å²) in [7, 11) is 6.18. The first-order chi connectivity index (χ1) is 13.1. The Morgan fingerprint density at radius 1 is 1.15 bits per heavy atom. The highest BCUT2D eigenvalue weighted by molar-refractivity contribution is 5.61. The number of ether oxygens (including phenoxy) is 5. The number of nitrogens with two attached hydrogens (primary N) is 1. The first-order valence-corrected chi connectivity index (χ1v) is 8.03. The molecule has 3 N–H and O–H groups in total. The lowest BCUT2D eigenvalue weighted by Gasteiger charge is -2.26. The molecular formula is C18H20N4O5. The Balaban J connectivity index is 2.29. The Morgan fingerprint density at radius 2 is 1.81 bits per heavy atom. The lowest BCUT2D eigenvalue weighted by Crippen LogP contribution is -2.22. The average Bonchev–Trinajstić information content (AvgIpc) is 3.08. The summed E-state index contributed by atoms with van der Waals surface area (Å²) in [6.07, 6.45) is 0. The zero-order chi connectivity index (χ0) is 19.6. The monoisotopic (exact) mass is 372 g/mol. The van der Waals surface area contributed by atoms with Gasteiger partial charge in [-0.2, -0.15) is 5.26 Å². The Hall–Kier alpha value is -3.38. The van der Waals surface area contributed by atoms with Gasteiger partial charge in [-0.25, -0.2) is 0 Å². The van der Waals surface area contributed by atoms with Gasteiger partial charge in [0.1, 0.15) is 17.4 Å². The van der Waals surface area contributed by atoms with Crippen molar-refractivity contribution in [2.45, 2.75) is 12.5 Å². The number of nitrogens with zero attached hydrogens (tertiary/aromatic N) is 2. The quantitative estimate of drug-likeness (QED) is 0.786. The fourth-order valence-corrected chi connectivity index (χ4v) is 3.15. The highest BCUT2D eigenvalue weighted by atomic mass is 16.5. The third-order valence-corrected chi connectivity index (χ3v) is 4.35. The second kappa shape index (κ2) is 7.47. The molecular weight excluding hydrogens is 352 g/mol. The molecule has 0 radical (unpaired) electrons. The summed E-state index contributed by atoms with van der Waals surface area (Å²) in [4.78, 5) is 0. The number of benzene rings is 1. The molecule has 0 saturated carbocycles. The van der Waals surface area contributed by atoms with Crippen LogP contribution in [0.4, 0.5) is 0 Å². The molecule has 1 aliphatic rings. The molecule has 0 saturated heterocycles. The van der Waals surface area contributed by atoms with Gasteiger partial charge < -0.3 is 29.4 Å². The topological polar surface area (TPSA) is 125 Å². The van der Waals surface area contributed by atoms with Crippen LogP contribution in [0.25, 0.3) is 0 Å². The van der Waals surface area contributed by atoms with Crippen LogP contribution in [0.2, 0.25) is 0 Å². The van der Waals surface area contributed by atoms with Crippen LogP contribution in [-0.2, 0) is 11.3 Å². The van der Waals surface area contributed by atoms with E-state index in [1.165, 1.54) is 21.3 Å². The van der Waals surface area contributed by atoms with Crippen molar-refractivity contribution in [1.82, 2.24) is 10.2 Å². The van der Waals surface area contributed by atoms with Crippen molar-refractivity contribution in [1.29, 1.82) is 5.26 Å². The van der Waals surface area contributed by atoms with Gasteiger partial charge in [-0.05, 0) is 6.07 Å². The van der Waals surface area contributed by atoms with E-state index < -0.39 is 5.92 Å². The van der Waals surface area contributed by atoms with Crippen molar-refractivity contribution < 1.29 is 23.7 Å². The van der Waals surface area contributed by atoms with Crippen molar-refractivity contribution in [3.8, 4) is 29.2 Å².